The van der Waals surface area contributed by atoms with E-state index in [1.54, 1.807) is 12.1 Å². The second-order valence-electron chi connectivity index (χ2n) is 5.51. The summed E-state index contributed by atoms with van der Waals surface area (Å²) in [7, 11) is 3.98. The fourth-order valence-electron chi connectivity index (χ4n) is 2.31. The van der Waals surface area contributed by atoms with Crippen molar-refractivity contribution in [2.75, 3.05) is 19.0 Å². The van der Waals surface area contributed by atoms with Crippen molar-refractivity contribution >= 4 is 28.8 Å². The number of nitrogens with zero attached hydrogens (tertiary/aromatic N) is 1. The molecule has 3 aromatic rings. The third kappa shape index (κ3) is 3.26. The molecule has 0 aliphatic rings. The lowest BCUT2D eigenvalue weighted by molar-refractivity contribution is 0.475. The number of anilines is 1. The van der Waals surface area contributed by atoms with Crippen LogP contribution in [-0.2, 0) is 0 Å². The highest BCUT2D eigenvalue weighted by molar-refractivity contribution is 5.79. The number of phenolic OH excluding ortho intramolecular Hbond substituents is 1. The molecule has 0 fully saturated rings. The van der Waals surface area contributed by atoms with Crippen LogP contribution in [0.4, 0.5) is 5.69 Å². The molecule has 4 heteroatoms. The Labute approximate surface area is 133 Å². The largest absolute Gasteiger partial charge is 0.508 e. The molecular formula is C19H17NO3. The SMILES string of the molecule is CN(C)c1ccc(C=Cc2cc(=O)c3cc(O)ccc3o2)cc1. The molecule has 0 amide bonds. The van der Waals surface area contributed by atoms with E-state index in [1.807, 2.05) is 49.3 Å². The van der Waals surface area contributed by atoms with Crippen molar-refractivity contribution in [3.05, 3.63) is 70.1 Å². The zero-order valence-electron chi connectivity index (χ0n) is 13.0. The highest BCUT2D eigenvalue weighted by Crippen LogP contribution is 2.19. The Hall–Kier alpha value is -3.01. The standard InChI is InChI=1S/C19H17NO3/c1-20(2)14-6-3-13(4-7-14)5-9-16-12-18(22)17-11-15(21)8-10-19(17)23-16/h3-12,21H,1-2H3. The van der Waals surface area contributed by atoms with Gasteiger partial charge in [0.05, 0.1) is 5.39 Å². The molecule has 0 radical (unpaired) electrons. The zero-order valence-corrected chi connectivity index (χ0v) is 13.0. The van der Waals surface area contributed by atoms with Crippen LogP contribution in [0.3, 0.4) is 0 Å². The van der Waals surface area contributed by atoms with Crippen molar-refractivity contribution in [1.29, 1.82) is 0 Å². The maximum absolute atomic E-state index is 12.1. The predicted molar refractivity (Wildman–Crippen MR) is 93.8 cm³/mol. The molecule has 0 saturated carbocycles. The van der Waals surface area contributed by atoms with Crippen LogP contribution in [0.15, 0.2) is 57.7 Å². The first-order chi connectivity index (χ1) is 11.0. The molecule has 0 aliphatic heterocycles. The number of hydrogen-bond donors (Lipinski definition) is 1. The zero-order chi connectivity index (χ0) is 16.4. The van der Waals surface area contributed by atoms with Crippen molar-refractivity contribution in [1.82, 2.24) is 0 Å². The maximum Gasteiger partial charge on any atom is 0.193 e. The summed E-state index contributed by atoms with van der Waals surface area (Å²) in [5.41, 5.74) is 2.42. The molecule has 1 heterocycles. The summed E-state index contributed by atoms with van der Waals surface area (Å²) in [6.07, 6.45) is 3.66. The van der Waals surface area contributed by atoms with Gasteiger partial charge in [-0.25, -0.2) is 0 Å². The first kappa shape index (κ1) is 14.9. The van der Waals surface area contributed by atoms with Crippen LogP contribution in [0.1, 0.15) is 11.3 Å². The van der Waals surface area contributed by atoms with E-state index in [1.165, 1.54) is 18.2 Å². The van der Waals surface area contributed by atoms with E-state index in [2.05, 4.69) is 0 Å². The molecular weight excluding hydrogens is 290 g/mol. The quantitative estimate of drug-likeness (QED) is 0.801. The molecule has 0 aliphatic carbocycles. The number of fused-ring (bicyclic) bond motifs is 1. The molecule has 3 rings (SSSR count). The van der Waals surface area contributed by atoms with Crippen molar-refractivity contribution in [3.63, 3.8) is 0 Å². The lowest BCUT2D eigenvalue weighted by Gasteiger charge is -2.11. The summed E-state index contributed by atoms with van der Waals surface area (Å²) < 4.78 is 5.68. The molecule has 1 N–H and O–H groups in total. The van der Waals surface area contributed by atoms with Gasteiger partial charge in [-0.2, -0.15) is 0 Å². The second-order valence-corrected chi connectivity index (χ2v) is 5.51. The van der Waals surface area contributed by atoms with E-state index in [4.69, 9.17) is 4.42 Å². The fourth-order valence-corrected chi connectivity index (χ4v) is 2.31. The van der Waals surface area contributed by atoms with Crippen LogP contribution >= 0.6 is 0 Å². The number of rotatable bonds is 3. The lowest BCUT2D eigenvalue weighted by atomic mass is 10.1. The van der Waals surface area contributed by atoms with Crippen molar-refractivity contribution in [2.24, 2.45) is 0 Å². The average Bonchev–Trinajstić information content (AvgIpc) is 2.54. The number of phenols is 1. The normalized spacial score (nSPS) is 11.2. The van der Waals surface area contributed by atoms with Gasteiger partial charge in [-0.05, 0) is 42.0 Å². The Kier molecular flexibility index (Phi) is 3.89. The Balaban J connectivity index is 1.91. The van der Waals surface area contributed by atoms with Crippen LogP contribution < -0.4 is 10.3 Å². The molecule has 2 aromatic carbocycles. The van der Waals surface area contributed by atoms with Gasteiger partial charge in [0.1, 0.15) is 17.1 Å². The van der Waals surface area contributed by atoms with E-state index in [9.17, 15) is 9.90 Å². The summed E-state index contributed by atoms with van der Waals surface area (Å²) in [6.45, 7) is 0. The Morgan fingerprint density at radius 2 is 1.74 bits per heavy atom. The van der Waals surface area contributed by atoms with E-state index >= 15 is 0 Å². The minimum atomic E-state index is -0.176. The van der Waals surface area contributed by atoms with E-state index in [0.717, 1.165) is 11.3 Å². The summed E-state index contributed by atoms with van der Waals surface area (Å²) in [5.74, 6) is 0.527. The van der Waals surface area contributed by atoms with Gasteiger partial charge in [-0.1, -0.05) is 18.2 Å². The van der Waals surface area contributed by atoms with Gasteiger partial charge >= 0.3 is 0 Å². The fraction of sp³-hybridized carbons (Fsp3) is 0.105. The predicted octanol–water partition coefficient (Wildman–Crippen LogP) is 3.74. The highest BCUT2D eigenvalue weighted by Gasteiger charge is 2.04. The average molecular weight is 307 g/mol. The van der Waals surface area contributed by atoms with Gasteiger partial charge in [0.15, 0.2) is 5.43 Å². The first-order valence-corrected chi connectivity index (χ1v) is 7.25. The number of benzene rings is 2. The first-order valence-electron chi connectivity index (χ1n) is 7.25. The molecule has 1 aromatic heterocycles. The van der Waals surface area contributed by atoms with Gasteiger partial charge in [0, 0.05) is 25.8 Å². The Bertz CT molecular complexity index is 921. The van der Waals surface area contributed by atoms with Crippen LogP contribution in [0.2, 0.25) is 0 Å². The van der Waals surface area contributed by atoms with Gasteiger partial charge in [0.25, 0.3) is 0 Å². The Morgan fingerprint density at radius 1 is 1.00 bits per heavy atom. The number of hydrogen-bond acceptors (Lipinski definition) is 4. The second kappa shape index (κ2) is 6.01. The topological polar surface area (TPSA) is 53.7 Å². The summed E-state index contributed by atoms with van der Waals surface area (Å²) in [6, 6.07) is 14.0. The molecule has 0 unspecified atom stereocenters. The smallest absolute Gasteiger partial charge is 0.193 e. The minimum Gasteiger partial charge on any atom is -0.508 e. The van der Waals surface area contributed by atoms with Gasteiger partial charge in [-0.15, -0.1) is 0 Å². The summed E-state index contributed by atoms with van der Waals surface area (Å²) >= 11 is 0. The van der Waals surface area contributed by atoms with Gasteiger partial charge in [0.2, 0.25) is 0 Å². The summed E-state index contributed by atoms with van der Waals surface area (Å²) in [5, 5.41) is 9.81. The van der Waals surface area contributed by atoms with Crippen LogP contribution in [0.25, 0.3) is 23.1 Å². The van der Waals surface area contributed by atoms with Crippen molar-refractivity contribution < 1.29 is 9.52 Å². The minimum absolute atomic E-state index is 0.0501. The molecule has 116 valence electrons. The van der Waals surface area contributed by atoms with E-state index in [0.29, 0.717) is 16.7 Å². The van der Waals surface area contributed by atoms with Crippen LogP contribution in [0.5, 0.6) is 5.75 Å². The molecule has 4 nitrogen and oxygen atoms in total. The van der Waals surface area contributed by atoms with Gasteiger partial charge < -0.3 is 14.4 Å². The van der Waals surface area contributed by atoms with Crippen LogP contribution in [-0.4, -0.2) is 19.2 Å². The molecule has 23 heavy (non-hydrogen) atoms. The third-order valence-electron chi connectivity index (χ3n) is 3.58. The van der Waals surface area contributed by atoms with Crippen LogP contribution in [0, 0.1) is 0 Å². The van der Waals surface area contributed by atoms with E-state index in [-0.39, 0.29) is 11.2 Å². The van der Waals surface area contributed by atoms with Crippen molar-refractivity contribution in [2.45, 2.75) is 0 Å². The Morgan fingerprint density at radius 3 is 2.43 bits per heavy atom. The van der Waals surface area contributed by atoms with Gasteiger partial charge in [-0.3, -0.25) is 4.79 Å². The molecule has 0 bridgehead atoms. The maximum atomic E-state index is 12.1. The summed E-state index contributed by atoms with van der Waals surface area (Å²) in [4.78, 5) is 14.1. The molecule has 0 saturated heterocycles. The number of aromatic hydroxyl groups is 1. The molecule has 0 atom stereocenters. The third-order valence-corrected chi connectivity index (χ3v) is 3.58. The van der Waals surface area contributed by atoms with E-state index < -0.39 is 0 Å². The molecule has 0 spiro atoms. The highest BCUT2D eigenvalue weighted by atomic mass is 16.3. The lowest BCUT2D eigenvalue weighted by Crippen LogP contribution is -2.07. The van der Waals surface area contributed by atoms with Crippen molar-refractivity contribution in [3.8, 4) is 5.75 Å². The monoisotopic (exact) mass is 307 g/mol.